The zero-order chi connectivity index (χ0) is 20.8. The van der Waals surface area contributed by atoms with E-state index in [1.165, 1.54) is 11.3 Å². The lowest BCUT2D eigenvalue weighted by Gasteiger charge is -2.18. The number of benzene rings is 1. The van der Waals surface area contributed by atoms with Crippen LogP contribution in [0.1, 0.15) is 20.9 Å². The molecule has 0 fully saturated rings. The van der Waals surface area contributed by atoms with E-state index in [9.17, 15) is 9.59 Å². The molecule has 2 N–H and O–H groups in total. The summed E-state index contributed by atoms with van der Waals surface area (Å²) < 4.78 is 10.7. The first kappa shape index (κ1) is 18.3. The van der Waals surface area contributed by atoms with Gasteiger partial charge >= 0.3 is 0 Å². The fraction of sp³-hybridized carbons (Fsp3) is 0.143. The molecule has 1 aromatic carbocycles. The quantitative estimate of drug-likeness (QED) is 0.516. The average molecular weight is 420 g/mol. The number of furan rings is 1. The molecule has 0 unspecified atom stereocenters. The highest BCUT2D eigenvalue weighted by Crippen LogP contribution is 2.34. The van der Waals surface area contributed by atoms with Crippen molar-refractivity contribution in [2.75, 3.05) is 17.2 Å². The molecule has 0 saturated carbocycles. The monoisotopic (exact) mass is 420 g/mol. The molecule has 0 spiro atoms. The standard InChI is InChI=1S/C21H16N4O4S/c1-10-17-11(2)22-19(15-4-3-7-28-15)25-21(17)30-18(10)20(27)23-12-5-6-14-13(8-12)24-16(26)9-29-14/h3-8H,9H2,1-2H3,(H,23,27)(H,24,26). The Morgan fingerprint density at radius 3 is 2.90 bits per heavy atom. The number of fused-ring (bicyclic) bond motifs is 2. The van der Waals surface area contributed by atoms with Gasteiger partial charge in [0.15, 0.2) is 18.2 Å². The first-order chi connectivity index (χ1) is 14.5. The summed E-state index contributed by atoms with van der Waals surface area (Å²) in [4.78, 5) is 34.9. The number of hydrogen-bond donors (Lipinski definition) is 2. The molecule has 4 aromatic rings. The van der Waals surface area contributed by atoms with Crippen LogP contribution in [0.25, 0.3) is 21.8 Å². The minimum atomic E-state index is -0.252. The van der Waals surface area contributed by atoms with Crippen molar-refractivity contribution < 1.29 is 18.7 Å². The van der Waals surface area contributed by atoms with Gasteiger partial charge in [0, 0.05) is 11.1 Å². The molecule has 0 aliphatic carbocycles. The normalized spacial score (nSPS) is 12.9. The van der Waals surface area contributed by atoms with E-state index in [1.807, 2.05) is 13.8 Å². The van der Waals surface area contributed by atoms with E-state index >= 15 is 0 Å². The number of nitrogens with one attached hydrogen (secondary N) is 2. The molecule has 2 amide bonds. The molecule has 0 bridgehead atoms. The van der Waals surface area contributed by atoms with Crippen molar-refractivity contribution in [1.82, 2.24) is 9.97 Å². The van der Waals surface area contributed by atoms with Crippen molar-refractivity contribution in [1.29, 1.82) is 0 Å². The highest BCUT2D eigenvalue weighted by molar-refractivity contribution is 7.20. The molecule has 0 radical (unpaired) electrons. The number of hydrogen-bond acceptors (Lipinski definition) is 7. The lowest BCUT2D eigenvalue weighted by molar-refractivity contribution is -0.118. The van der Waals surface area contributed by atoms with Crippen LogP contribution in [0, 0.1) is 13.8 Å². The van der Waals surface area contributed by atoms with Crippen molar-refractivity contribution >= 4 is 44.7 Å². The summed E-state index contributed by atoms with van der Waals surface area (Å²) in [5, 5.41) is 6.49. The summed E-state index contributed by atoms with van der Waals surface area (Å²) in [6.45, 7) is 3.77. The van der Waals surface area contributed by atoms with Crippen LogP contribution < -0.4 is 15.4 Å². The lowest BCUT2D eigenvalue weighted by atomic mass is 10.1. The van der Waals surface area contributed by atoms with E-state index in [1.54, 1.807) is 36.6 Å². The van der Waals surface area contributed by atoms with Crippen molar-refractivity contribution in [2.45, 2.75) is 13.8 Å². The maximum absolute atomic E-state index is 13.0. The Kier molecular flexibility index (Phi) is 4.25. The van der Waals surface area contributed by atoms with Crippen LogP contribution in [0.3, 0.4) is 0 Å². The molecule has 8 nitrogen and oxygen atoms in total. The van der Waals surface area contributed by atoms with Crippen LogP contribution in [-0.4, -0.2) is 28.4 Å². The van der Waals surface area contributed by atoms with E-state index in [4.69, 9.17) is 9.15 Å². The Bertz CT molecular complexity index is 1310. The Morgan fingerprint density at radius 1 is 1.23 bits per heavy atom. The van der Waals surface area contributed by atoms with Crippen LogP contribution in [0.4, 0.5) is 11.4 Å². The Morgan fingerprint density at radius 2 is 2.10 bits per heavy atom. The Labute approximate surface area is 174 Å². The number of anilines is 2. The van der Waals surface area contributed by atoms with Gasteiger partial charge < -0.3 is 19.8 Å². The predicted molar refractivity (Wildman–Crippen MR) is 113 cm³/mol. The number of nitrogens with zero attached hydrogens (tertiary/aromatic N) is 2. The Balaban J connectivity index is 1.48. The summed E-state index contributed by atoms with van der Waals surface area (Å²) in [5.74, 6) is 1.16. The summed E-state index contributed by atoms with van der Waals surface area (Å²) >= 11 is 1.31. The van der Waals surface area contributed by atoms with Gasteiger partial charge in [0.05, 0.1) is 22.5 Å². The molecule has 3 aromatic heterocycles. The van der Waals surface area contributed by atoms with Gasteiger partial charge in [-0.2, -0.15) is 0 Å². The van der Waals surface area contributed by atoms with Crippen LogP contribution in [0.2, 0.25) is 0 Å². The minimum absolute atomic E-state index is 0.0138. The van der Waals surface area contributed by atoms with E-state index in [0.717, 1.165) is 21.5 Å². The highest BCUT2D eigenvalue weighted by atomic mass is 32.1. The summed E-state index contributed by atoms with van der Waals surface area (Å²) in [7, 11) is 0. The van der Waals surface area contributed by atoms with Crippen molar-refractivity contribution in [2.24, 2.45) is 0 Å². The van der Waals surface area contributed by atoms with Crippen molar-refractivity contribution in [3.05, 3.63) is 52.7 Å². The number of ether oxygens (including phenoxy) is 1. The lowest BCUT2D eigenvalue weighted by Crippen LogP contribution is -2.25. The van der Waals surface area contributed by atoms with Crippen molar-refractivity contribution in [3.8, 4) is 17.3 Å². The van der Waals surface area contributed by atoms with Gasteiger partial charge in [-0.1, -0.05) is 0 Å². The number of thiophene rings is 1. The predicted octanol–water partition coefficient (Wildman–Crippen LogP) is 4.15. The third-order valence-electron chi connectivity index (χ3n) is 4.79. The molecular formula is C21H16N4O4S. The highest BCUT2D eigenvalue weighted by Gasteiger charge is 2.21. The second-order valence-electron chi connectivity index (χ2n) is 6.85. The molecule has 5 rings (SSSR count). The molecule has 0 atom stereocenters. The van der Waals surface area contributed by atoms with E-state index < -0.39 is 0 Å². The molecule has 1 aliphatic rings. The van der Waals surface area contributed by atoms with Crippen molar-refractivity contribution in [3.63, 3.8) is 0 Å². The minimum Gasteiger partial charge on any atom is -0.482 e. The average Bonchev–Trinajstić information content (AvgIpc) is 3.36. The maximum Gasteiger partial charge on any atom is 0.266 e. The van der Waals surface area contributed by atoms with E-state index in [2.05, 4.69) is 20.6 Å². The first-order valence-corrected chi connectivity index (χ1v) is 10.0. The number of carbonyl (C=O) groups excluding carboxylic acids is 2. The third-order valence-corrected chi connectivity index (χ3v) is 5.97. The number of aromatic nitrogens is 2. The number of carbonyl (C=O) groups is 2. The maximum atomic E-state index is 13.0. The molecule has 150 valence electrons. The van der Waals surface area contributed by atoms with Gasteiger partial charge in [-0.25, -0.2) is 9.97 Å². The second kappa shape index (κ2) is 6.96. The topological polar surface area (TPSA) is 106 Å². The largest absolute Gasteiger partial charge is 0.482 e. The van der Waals surface area contributed by atoms with Gasteiger partial charge in [0.25, 0.3) is 11.8 Å². The number of amides is 2. The summed E-state index contributed by atoms with van der Waals surface area (Å²) in [6.07, 6.45) is 1.57. The van der Waals surface area contributed by atoms with Gasteiger partial charge in [0.1, 0.15) is 10.6 Å². The van der Waals surface area contributed by atoms with Crippen LogP contribution in [0.5, 0.6) is 5.75 Å². The van der Waals surface area contributed by atoms with Crippen LogP contribution in [-0.2, 0) is 4.79 Å². The van der Waals surface area contributed by atoms with Gasteiger partial charge in [0.2, 0.25) is 0 Å². The summed E-state index contributed by atoms with van der Waals surface area (Å²) in [6, 6.07) is 8.70. The number of aryl methyl sites for hydroxylation is 2. The zero-order valence-electron chi connectivity index (χ0n) is 16.1. The number of rotatable bonds is 3. The fourth-order valence-electron chi connectivity index (χ4n) is 3.42. The van der Waals surface area contributed by atoms with Gasteiger partial charge in [-0.05, 0) is 49.7 Å². The smallest absolute Gasteiger partial charge is 0.266 e. The third kappa shape index (κ3) is 3.09. The van der Waals surface area contributed by atoms with Gasteiger partial charge in [-0.3, -0.25) is 9.59 Å². The molecule has 9 heteroatoms. The first-order valence-electron chi connectivity index (χ1n) is 9.19. The second-order valence-corrected chi connectivity index (χ2v) is 7.85. The zero-order valence-corrected chi connectivity index (χ0v) is 16.9. The van der Waals surface area contributed by atoms with Gasteiger partial charge in [-0.15, -0.1) is 11.3 Å². The van der Waals surface area contributed by atoms with Crippen LogP contribution in [0.15, 0.2) is 41.0 Å². The SMILES string of the molecule is Cc1nc(-c2ccco2)nc2sc(C(=O)Nc3ccc4c(c3)NC(=O)CO4)c(C)c12. The Hall–Kier alpha value is -3.72. The van der Waals surface area contributed by atoms with E-state index in [0.29, 0.717) is 33.6 Å². The molecular weight excluding hydrogens is 404 g/mol. The van der Waals surface area contributed by atoms with Crippen LogP contribution >= 0.6 is 11.3 Å². The molecule has 30 heavy (non-hydrogen) atoms. The fourth-order valence-corrected chi connectivity index (χ4v) is 4.55. The molecule has 4 heterocycles. The molecule has 1 aliphatic heterocycles. The van der Waals surface area contributed by atoms with E-state index in [-0.39, 0.29) is 18.4 Å². The summed E-state index contributed by atoms with van der Waals surface area (Å²) in [5.41, 5.74) is 2.70. The molecule has 0 saturated heterocycles.